The van der Waals surface area contributed by atoms with Crippen molar-refractivity contribution in [1.29, 1.82) is 0 Å². The minimum absolute atomic E-state index is 0.0700. The van der Waals surface area contributed by atoms with Crippen LogP contribution in [0.15, 0.2) is 88.5 Å². The largest absolute Gasteiger partial charge is 0.289 e. The molecular formula is C31H16O2. The summed E-state index contributed by atoms with van der Waals surface area (Å²) in [6.45, 7) is 2.06. The van der Waals surface area contributed by atoms with Gasteiger partial charge in [0, 0.05) is 32.3 Å². The lowest BCUT2D eigenvalue weighted by atomic mass is 9.84. The van der Waals surface area contributed by atoms with Crippen LogP contribution in [-0.4, -0.2) is 0 Å². The smallest absolute Gasteiger partial charge is 0.194 e. The molecule has 33 heavy (non-hydrogen) atoms. The van der Waals surface area contributed by atoms with Gasteiger partial charge in [-0.05, 0) is 74.3 Å². The van der Waals surface area contributed by atoms with Gasteiger partial charge in [0.15, 0.2) is 10.9 Å². The normalized spacial score (nSPS) is 12.6. The molecule has 0 saturated carbocycles. The van der Waals surface area contributed by atoms with E-state index in [9.17, 15) is 9.59 Å². The van der Waals surface area contributed by atoms with E-state index in [0.29, 0.717) is 0 Å². The first-order chi connectivity index (χ1) is 16.1. The van der Waals surface area contributed by atoms with Crippen LogP contribution in [-0.2, 0) is 0 Å². The van der Waals surface area contributed by atoms with E-state index in [1.165, 1.54) is 0 Å². The second-order valence-electron chi connectivity index (χ2n) is 9.27. The Morgan fingerprint density at radius 2 is 0.939 bits per heavy atom. The van der Waals surface area contributed by atoms with Crippen molar-refractivity contribution >= 4 is 75.4 Å². The lowest BCUT2D eigenvalue weighted by Gasteiger charge is -2.18. The molecule has 0 aliphatic carbocycles. The highest BCUT2D eigenvalue weighted by Gasteiger charge is 2.21. The van der Waals surface area contributed by atoms with Gasteiger partial charge in [-0.25, -0.2) is 0 Å². The number of fused-ring (bicyclic) bond motifs is 4. The average molecular weight is 420 g/mol. The molecule has 0 aliphatic heterocycles. The summed E-state index contributed by atoms with van der Waals surface area (Å²) in [6.07, 6.45) is 0. The summed E-state index contributed by atoms with van der Waals surface area (Å²) in [5, 5.41) is 13.6. The predicted molar refractivity (Wildman–Crippen MR) is 140 cm³/mol. The van der Waals surface area contributed by atoms with Gasteiger partial charge in [-0.1, -0.05) is 60.2 Å². The standard InChI is InChI=1S/C31H16O2/c1-15-6-9-20-23(12-15)25-14-17-8-10-21-28-24(18-4-2-3-5-19(18)30(21)32)13-16-7-11-22(31(20)33)29(25)27(16)26(17)28/h2-14H,1H3. The van der Waals surface area contributed by atoms with E-state index < -0.39 is 0 Å². The van der Waals surface area contributed by atoms with Gasteiger partial charge in [0.25, 0.3) is 0 Å². The molecule has 2 nitrogen and oxygen atoms in total. The van der Waals surface area contributed by atoms with Gasteiger partial charge < -0.3 is 0 Å². The van der Waals surface area contributed by atoms with E-state index in [4.69, 9.17) is 0 Å². The zero-order chi connectivity index (χ0) is 22.0. The Kier molecular flexibility index (Phi) is 2.90. The van der Waals surface area contributed by atoms with Crippen LogP contribution in [0.1, 0.15) is 5.56 Å². The van der Waals surface area contributed by atoms with Gasteiger partial charge in [-0.3, -0.25) is 9.59 Å². The van der Waals surface area contributed by atoms with Gasteiger partial charge in [0.05, 0.1) is 0 Å². The Labute approximate surface area is 187 Å². The van der Waals surface area contributed by atoms with E-state index in [0.717, 1.165) is 81.0 Å². The van der Waals surface area contributed by atoms with Crippen LogP contribution in [0.25, 0.3) is 75.4 Å². The van der Waals surface area contributed by atoms with Gasteiger partial charge in [-0.15, -0.1) is 0 Å². The molecule has 0 aliphatic rings. The maximum Gasteiger partial charge on any atom is 0.194 e. The summed E-state index contributed by atoms with van der Waals surface area (Å²) >= 11 is 0. The Bertz CT molecular complexity index is 2220. The third-order valence-corrected chi connectivity index (χ3v) is 7.52. The zero-order valence-electron chi connectivity index (χ0n) is 17.8. The Morgan fingerprint density at radius 1 is 0.424 bits per heavy atom. The highest BCUT2D eigenvalue weighted by molar-refractivity contribution is 6.40. The summed E-state index contributed by atoms with van der Waals surface area (Å²) in [4.78, 5) is 26.9. The van der Waals surface area contributed by atoms with Crippen LogP contribution in [0, 0.1) is 6.92 Å². The topological polar surface area (TPSA) is 34.1 Å². The first-order valence-electron chi connectivity index (χ1n) is 11.2. The van der Waals surface area contributed by atoms with Crippen molar-refractivity contribution in [3.63, 3.8) is 0 Å². The number of benzene rings is 8. The fourth-order valence-electron chi connectivity index (χ4n) is 6.12. The number of hydrogen-bond acceptors (Lipinski definition) is 2. The van der Waals surface area contributed by atoms with Crippen LogP contribution in [0.4, 0.5) is 0 Å². The van der Waals surface area contributed by atoms with Crippen LogP contribution < -0.4 is 10.9 Å². The highest BCUT2D eigenvalue weighted by atomic mass is 16.1. The average Bonchev–Trinajstić information content (AvgIpc) is 2.84. The van der Waals surface area contributed by atoms with Crippen molar-refractivity contribution in [2.24, 2.45) is 0 Å². The molecule has 0 spiro atoms. The second-order valence-corrected chi connectivity index (χ2v) is 9.27. The van der Waals surface area contributed by atoms with Crippen molar-refractivity contribution in [3.8, 4) is 0 Å². The summed E-state index contributed by atoms with van der Waals surface area (Å²) in [5.41, 5.74) is 1.28. The van der Waals surface area contributed by atoms with Crippen LogP contribution in [0.2, 0.25) is 0 Å². The second kappa shape index (κ2) is 5.54. The van der Waals surface area contributed by atoms with Crippen molar-refractivity contribution < 1.29 is 0 Å². The molecule has 0 fully saturated rings. The molecule has 0 N–H and O–H groups in total. The third-order valence-electron chi connectivity index (χ3n) is 7.52. The minimum Gasteiger partial charge on any atom is -0.289 e. The first kappa shape index (κ1) is 17.3. The molecule has 0 atom stereocenters. The molecule has 0 amide bonds. The van der Waals surface area contributed by atoms with Gasteiger partial charge >= 0.3 is 0 Å². The predicted octanol–water partition coefficient (Wildman–Crippen LogP) is 7.10. The SMILES string of the molecule is Cc1ccc2c(=O)c3ccc4cc5c6ccccc6c(=O)c6ccc7cc(c2c1)c3c4c7c65. The van der Waals surface area contributed by atoms with Crippen LogP contribution in [0.3, 0.4) is 0 Å². The zero-order valence-corrected chi connectivity index (χ0v) is 17.8. The highest BCUT2D eigenvalue weighted by Crippen LogP contribution is 2.45. The molecule has 0 unspecified atom stereocenters. The third kappa shape index (κ3) is 1.92. The molecule has 8 aromatic rings. The lowest BCUT2D eigenvalue weighted by Crippen LogP contribution is -2.06. The Balaban J connectivity index is 1.79. The summed E-state index contributed by atoms with van der Waals surface area (Å²) in [6, 6.07) is 26.5. The number of hydrogen-bond donors (Lipinski definition) is 0. The van der Waals surface area contributed by atoms with E-state index in [2.05, 4.69) is 37.3 Å². The molecule has 0 saturated heterocycles. The Morgan fingerprint density at radius 3 is 1.58 bits per heavy atom. The minimum atomic E-state index is 0.0700. The molecule has 0 bridgehead atoms. The molecule has 0 heterocycles. The van der Waals surface area contributed by atoms with Crippen molar-refractivity contribution in [2.45, 2.75) is 6.92 Å². The number of aryl methyl sites for hydroxylation is 1. The van der Waals surface area contributed by atoms with Crippen molar-refractivity contribution in [1.82, 2.24) is 0 Å². The fraction of sp³-hybridized carbons (Fsp3) is 0.0323. The van der Waals surface area contributed by atoms with Gasteiger partial charge in [0.2, 0.25) is 0 Å². The quantitative estimate of drug-likeness (QED) is 0.194. The lowest BCUT2D eigenvalue weighted by molar-refractivity contribution is 1.51. The van der Waals surface area contributed by atoms with Crippen LogP contribution in [0.5, 0.6) is 0 Å². The van der Waals surface area contributed by atoms with Crippen LogP contribution >= 0.6 is 0 Å². The number of rotatable bonds is 0. The van der Waals surface area contributed by atoms with E-state index >= 15 is 0 Å². The molecule has 0 aromatic heterocycles. The maximum atomic E-state index is 13.5. The monoisotopic (exact) mass is 420 g/mol. The summed E-state index contributed by atoms with van der Waals surface area (Å²) in [5.74, 6) is 0. The molecular weight excluding hydrogens is 404 g/mol. The van der Waals surface area contributed by atoms with E-state index in [1.807, 2.05) is 48.5 Å². The van der Waals surface area contributed by atoms with Gasteiger partial charge in [-0.2, -0.15) is 0 Å². The molecule has 2 heteroatoms. The summed E-state index contributed by atoms with van der Waals surface area (Å²) < 4.78 is 0. The molecule has 0 radical (unpaired) electrons. The molecule has 8 aromatic carbocycles. The maximum absolute atomic E-state index is 13.5. The summed E-state index contributed by atoms with van der Waals surface area (Å²) in [7, 11) is 0. The van der Waals surface area contributed by atoms with Crippen molar-refractivity contribution in [2.75, 3.05) is 0 Å². The molecule has 152 valence electrons. The van der Waals surface area contributed by atoms with Gasteiger partial charge in [0.1, 0.15) is 0 Å². The van der Waals surface area contributed by atoms with Crippen molar-refractivity contribution in [3.05, 3.63) is 105 Å². The Hall–Kier alpha value is -4.30. The fourth-order valence-corrected chi connectivity index (χ4v) is 6.12. The van der Waals surface area contributed by atoms with E-state index in [-0.39, 0.29) is 10.9 Å². The van der Waals surface area contributed by atoms with E-state index in [1.54, 1.807) is 0 Å². The molecule has 8 rings (SSSR count). The first-order valence-corrected chi connectivity index (χ1v) is 11.2.